The van der Waals surface area contributed by atoms with E-state index in [1.165, 1.54) is 22.7 Å². The van der Waals surface area contributed by atoms with Crippen molar-refractivity contribution in [1.29, 1.82) is 0 Å². The molecule has 0 aliphatic carbocycles. The fraction of sp³-hybridized carbons (Fsp3) is 0.158. The number of hydrogen-bond acceptors (Lipinski definition) is 3. The number of hydrogen-bond donors (Lipinski definition) is 1. The Balaban J connectivity index is 1.77. The molecule has 1 aliphatic heterocycles. The Kier molecular flexibility index (Phi) is 6.00. The quantitative estimate of drug-likeness (QED) is 0.758. The van der Waals surface area contributed by atoms with Crippen LogP contribution in [0.5, 0.6) is 0 Å². The summed E-state index contributed by atoms with van der Waals surface area (Å²) in [6, 6.07) is 12.2. The lowest BCUT2D eigenvalue weighted by atomic mass is 10.1. The van der Waals surface area contributed by atoms with Crippen LogP contribution in [0.1, 0.15) is 11.1 Å². The zero-order valence-corrected chi connectivity index (χ0v) is 15.9. The number of halogens is 4. The summed E-state index contributed by atoms with van der Waals surface area (Å²) in [5, 5.41) is 3.73. The van der Waals surface area contributed by atoms with Crippen LogP contribution in [0.3, 0.4) is 0 Å². The highest BCUT2D eigenvalue weighted by molar-refractivity contribution is 8.03. The van der Waals surface area contributed by atoms with Gasteiger partial charge < -0.3 is 10.2 Å². The maximum absolute atomic E-state index is 13.0. The van der Waals surface area contributed by atoms with Crippen LogP contribution in [0.25, 0.3) is 5.70 Å². The van der Waals surface area contributed by atoms with Crippen LogP contribution in [0.4, 0.5) is 18.9 Å². The summed E-state index contributed by atoms with van der Waals surface area (Å²) in [4.78, 5) is 26.0. The summed E-state index contributed by atoms with van der Waals surface area (Å²) in [5.41, 5.74) is 0.249. The van der Waals surface area contributed by atoms with Gasteiger partial charge in [0.15, 0.2) is 0 Å². The number of thioether (sulfide) groups is 1. The van der Waals surface area contributed by atoms with Gasteiger partial charge in [0, 0.05) is 5.69 Å². The highest BCUT2D eigenvalue weighted by atomic mass is 35.5. The highest BCUT2D eigenvalue weighted by Crippen LogP contribution is 2.36. The lowest BCUT2D eigenvalue weighted by Gasteiger charge is -2.28. The molecule has 9 heteroatoms. The lowest BCUT2D eigenvalue weighted by Crippen LogP contribution is -2.39. The van der Waals surface area contributed by atoms with Crippen LogP contribution in [-0.4, -0.2) is 29.0 Å². The number of benzene rings is 2. The first-order valence-electron chi connectivity index (χ1n) is 8.10. The molecule has 2 amide bonds. The predicted molar refractivity (Wildman–Crippen MR) is 104 cm³/mol. The van der Waals surface area contributed by atoms with Crippen molar-refractivity contribution in [2.24, 2.45) is 0 Å². The van der Waals surface area contributed by atoms with Crippen molar-refractivity contribution < 1.29 is 22.8 Å². The maximum Gasteiger partial charge on any atom is 0.417 e. The molecule has 2 aromatic rings. The van der Waals surface area contributed by atoms with Crippen molar-refractivity contribution in [1.82, 2.24) is 4.90 Å². The molecule has 0 fully saturated rings. The van der Waals surface area contributed by atoms with Crippen molar-refractivity contribution in [3.63, 3.8) is 0 Å². The minimum atomic E-state index is -4.64. The molecule has 0 spiro atoms. The molecule has 0 radical (unpaired) electrons. The van der Waals surface area contributed by atoms with E-state index in [9.17, 15) is 22.8 Å². The van der Waals surface area contributed by atoms with E-state index in [4.69, 9.17) is 11.6 Å². The number of carbonyl (C=O) groups is 2. The Bertz CT molecular complexity index is 933. The van der Waals surface area contributed by atoms with Gasteiger partial charge in [-0.3, -0.25) is 9.59 Å². The number of rotatable bonds is 4. The molecular formula is C19H14ClF3N2O2S. The maximum atomic E-state index is 13.0. The van der Waals surface area contributed by atoms with E-state index < -0.39 is 22.7 Å². The van der Waals surface area contributed by atoms with Crippen molar-refractivity contribution in [2.75, 3.05) is 17.6 Å². The lowest BCUT2D eigenvalue weighted by molar-refractivity contribution is -0.137. The van der Waals surface area contributed by atoms with Crippen LogP contribution in [0.15, 0.2) is 53.9 Å². The standard InChI is InChI=1S/C19H14ClF3N2O2S/c20-15-7-6-13(8-14(15)19(21,22)23)24-17(26)9-25-16(10-28-11-18(25)27)12-4-2-1-3-5-12/h1-8,10H,9,11H2,(H,24,26). The summed E-state index contributed by atoms with van der Waals surface area (Å²) in [5.74, 6) is -0.686. The summed E-state index contributed by atoms with van der Waals surface area (Å²) in [6.07, 6.45) is -4.64. The number of anilines is 1. The Morgan fingerprint density at radius 3 is 2.57 bits per heavy atom. The van der Waals surface area contributed by atoms with Crippen LogP contribution in [0.2, 0.25) is 5.02 Å². The highest BCUT2D eigenvalue weighted by Gasteiger charge is 2.33. The van der Waals surface area contributed by atoms with Crippen molar-refractivity contribution in [3.8, 4) is 0 Å². The van der Waals surface area contributed by atoms with Crippen molar-refractivity contribution >= 4 is 46.6 Å². The smallest absolute Gasteiger partial charge is 0.325 e. The molecule has 1 heterocycles. The normalized spacial score (nSPS) is 14.6. The third kappa shape index (κ3) is 4.69. The first kappa shape index (κ1) is 20.3. The fourth-order valence-corrected chi connectivity index (χ4v) is 3.67. The van der Waals surface area contributed by atoms with Gasteiger partial charge in [-0.25, -0.2) is 0 Å². The van der Waals surface area contributed by atoms with Gasteiger partial charge in [-0.05, 0) is 29.2 Å². The molecule has 4 nitrogen and oxygen atoms in total. The van der Waals surface area contributed by atoms with Gasteiger partial charge in [0.2, 0.25) is 11.8 Å². The molecule has 0 atom stereocenters. The zero-order valence-electron chi connectivity index (χ0n) is 14.3. The van der Waals surface area contributed by atoms with Crippen LogP contribution < -0.4 is 5.32 Å². The van der Waals surface area contributed by atoms with E-state index in [0.29, 0.717) is 5.70 Å². The Hall–Kier alpha value is -2.45. The molecule has 2 aromatic carbocycles. The molecule has 3 rings (SSSR count). The van der Waals surface area contributed by atoms with E-state index in [2.05, 4.69) is 5.32 Å². The SMILES string of the molecule is O=C(CN1C(=O)CSC=C1c1ccccc1)Nc1ccc(Cl)c(C(F)(F)F)c1. The van der Waals surface area contributed by atoms with E-state index in [0.717, 1.165) is 17.7 Å². The minimum Gasteiger partial charge on any atom is -0.325 e. The monoisotopic (exact) mass is 426 g/mol. The van der Waals surface area contributed by atoms with Gasteiger partial charge in [0.25, 0.3) is 0 Å². The third-order valence-electron chi connectivity index (χ3n) is 3.92. The van der Waals surface area contributed by atoms with Crippen LogP contribution >= 0.6 is 23.4 Å². The molecule has 0 bridgehead atoms. The van der Waals surface area contributed by atoms with E-state index in [-0.39, 0.29) is 23.9 Å². The van der Waals surface area contributed by atoms with Crippen LogP contribution in [0, 0.1) is 0 Å². The largest absolute Gasteiger partial charge is 0.417 e. The van der Waals surface area contributed by atoms with Crippen molar-refractivity contribution in [2.45, 2.75) is 6.18 Å². The number of nitrogens with one attached hydrogen (secondary N) is 1. The average molecular weight is 427 g/mol. The zero-order chi connectivity index (χ0) is 20.3. The second-order valence-corrected chi connectivity index (χ2v) is 7.17. The Labute approximate surface area is 168 Å². The summed E-state index contributed by atoms with van der Waals surface area (Å²) < 4.78 is 38.9. The molecule has 0 saturated heterocycles. The molecule has 28 heavy (non-hydrogen) atoms. The summed E-state index contributed by atoms with van der Waals surface area (Å²) in [7, 11) is 0. The third-order valence-corrected chi connectivity index (χ3v) is 5.05. The van der Waals surface area contributed by atoms with Gasteiger partial charge in [-0.2, -0.15) is 13.2 Å². The van der Waals surface area contributed by atoms with E-state index >= 15 is 0 Å². The van der Waals surface area contributed by atoms with Gasteiger partial charge in [0.05, 0.1) is 22.0 Å². The Morgan fingerprint density at radius 2 is 1.89 bits per heavy atom. The molecule has 1 N–H and O–H groups in total. The first-order chi connectivity index (χ1) is 13.3. The fourth-order valence-electron chi connectivity index (χ4n) is 2.64. The number of carbonyl (C=O) groups excluding carboxylic acids is 2. The number of alkyl halides is 3. The second kappa shape index (κ2) is 8.28. The molecular weight excluding hydrogens is 413 g/mol. The number of amides is 2. The molecule has 0 saturated carbocycles. The van der Waals surface area contributed by atoms with Gasteiger partial charge in [-0.1, -0.05) is 41.9 Å². The number of nitrogens with zero attached hydrogens (tertiary/aromatic N) is 1. The van der Waals surface area contributed by atoms with Gasteiger partial charge in [0.1, 0.15) is 6.54 Å². The molecule has 0 unspecified atom stereocenters. The van der Waals surface area contributed by atoms with Gasteiger partial charge in [-0.15, -0.1) is 11.8 Å². The summed E-state index contributed by atoms with van der Waals surface area (Å²) in [6.45, 7) is -0.315. The molecule has 1 aliphatic rings. The van der Waals surface area contributed by atoms with Crippen LogP contribution in [-0.2, 0) is 15.8 Å². The topological polar surface area (TPSA) is 49.4 Å². The van der Waals surface area contributed by atoms with Crippen molar-refractivity contribution in [3.05, 3.63) is 70.1 Å². The minimum absolute atomic E-state index is 0.0502. The predicted octanol–water partition coefficient (Wildman–Crippen LogP) is 4.87. The van der Waals surface area contributed by atoms with Gasteiger partial charge >= 0.3 is 6.18 Å². The average Bonchev–Trinajstić information content (AvgIpc) is 2.65. The second-order valence-electron chi connectivity index (χ2n) is 5.90. The molecule has 146 valence electrons. The first-order valence-corrected chi connectivity index (χ1v) is 9.52. The Morgan fingerprint density at radius 1 is 1.18 bits per heavy atom. The van der Waals surface area contributed by atoms with E-state index in [1.54, 1.807) is 5.41 Å². The summed E-state index contributed by atoms with van der Waals surface area (Å²) >= 11 is 6.91. The molecule has 0 aromatic heterocycles. The van der Waals surface area contributed by atoms with E-state index in [1.807, 2.05) is 30.3 Å².